The fourth-order valence-electron chi connectivity index (χ4n) is 6.91. The number of aromatic amines is 1. The molecule has 2 bridgehead atoms. The van der Waals surface area contributed by atoms with E-state index in [1.54, 1.807) is 4.90 Å². The average molecular weight is 516 g/mol. The summed E-state index contributed by atoms with van der Waals surface area (Å²) in [5.41, 5.74) is 7.42. The fraction of sp³-hybridized carbons (Fsp3) is 0.483. The number of hydrogen-bond donors (Lipinski definition) is 2. The number of carbonyl (C=O) groups excluding carboxylic acids is 1. The number of hydrogen-bond acceptors (Lipinski definition) is 4. The average Bonchev–Trinajstić information content (AvgIpc) is 3.65. The summed E-state index contributed by atoms with van der Waals surface area (Å²) < 4.78 is 5.95. The molecule has 4 aliphatic rings. The smallest absolute Gasteiger partial charge is 0.407 e. The molecule has 3 amide bonds. The first-order chi connectivity index (χ1) is 18.4. The monoisotopic (exact) mass is 515 g/mol. The third kappa shape index (κ3) is 3.91. The van der Waals surface area contributed by atoms with Crippen LogP contribution in [0.5, 0.6) is 0 Å². The van der Waals surface area contributed by atoms with Crippen molar-refractivity contribution in [2.45, 2.75) is 63.8 Å². The summed E-state index contributed by atoms with van der Waals surface area (Å²) in [4.78, 5) is 39.1. The number of nitrogens with one attached hydrogen (secondary N) is 1. The standard InChI is InChI=1S/C29H33N5O4/c1-17-12-30-27-23(17)11-20(13-31-27)19-9-18-6-8-32(28(35)33-14-21-4-5-22(15-33)38-21)16-25(18)24(10-19)26-3-2-7-34(26)29(36)37/h9-13,21-22,26H,2-8,14-16H2,1H3,(H,30,31)(H,36,37). The van der Waals surface area contributed by atoms with Crippen LogP contribution in [0.1, 0.15) is 54.0 Å². The van der Waals surface area contributed by atoms with Crippen molar-refractivity contribution in [2.75, 3.05) is 26.2 Å². The Kier molecular flexibility index (Phi) is 5.58. The zero-order valence-electron chi connectivity index (χ0n) is 21.7. The number of likely N-dealkylation sites (tertiary alicyclic amines) is 2. The lowest BCUT2D eigenvalue weighted by molar-refractivity contribution is -0.0291. The Morgan fingerprint density at radius 2 is 1.87 bits per heavy atom. The summed E-state index contributed by atoms with van der Waals surface area (Å²) in [6, 6.07) is 6.40. The van der Waals surface area contributed by atoms with E-state index < -0.39 is 6.09 Å². The third-order valence-corrected chi connectivity index (χ3v) is 8.89. The molecule has 38 heavy (non-hydrogen) atoms. The second-order valence-corrected chi connectivity index (χ2v) is 11.2. The molecule has 0 spiro atoms. The number of fused-ring (bicyclic) bond motifs is 4. The van der Waals surface area contributed by atoms with E-state index in [1.165, 1.54) is 5.56 Å². The molecule has 3 fully saturated rings. The van der Waals surface area contributed by atoms with Crippen molar-refractivity contribution in [2.24, 2.45) is 0 Å². The van der Waals surface area contributed by atoms with Gasteiger partial charge in [-0.1, -0.05) is 6.07 Å². The lowest BCUT2D eigenvalue weighted by atomic mass is 9.87. The lowest BCUT2D eigenvalue weighted by Crippen LogP contribution is -2.52. The largest absolute Gasteiger partial charge is 0.465 e. The van der Waals surface area contributed by atoms with Crippen LogP contribution in [-0.2, 0) is 17.7 Å². The number of aryl methyl sites for hydroxylation is 1. The number of urea groups is 1. The van der Waals surface area contributed by atoms with Crippen molar-refractivity contribution in [1.29, 1.82) is 0 Å². The van der Waals surface area contributed by atoms with E-state index in [0.717, 1.165) is 71.0 Å². The first-order valence-corrected chi connectivity index (χ1v) is 13.7. The van der Waals surface area contributed by atoms with E-state index in [2.05, 4.69) is 35.1 Å². The topological polar surface area (TPSA) is 102 Å². The van der Waals surface area contributed by atoms with Crippen LogP contribution >= 0.6 is 0 Å². The number of aromatic nitrogens is 2. The zero-order valence-corrected chi connectivity index (χ0v) is 21.7. The summed E-state index contributed by atoms with van der Waals surface area (Å²) in [6.45, 7) is 5.09. The highest BCUT2D eigenvalue weighted by Gasteiger charge is 2.39. The Morgan fingerprint density at radius 1 is 1.05 bits per heavy atom. The van der Waals surface area contributed by atoms with E-state index in [9.17, 15) is 14.7 Å². The molecule has 3 unspecified atom stereocenters. The number of nitrogens with zero attached hydrogens (tertiary/aromatic N) is 4. The van der Waals surface area contributed by atoms with Gasteiger partial charge in [0.2, 0.25) is 0 Å². The Hall–Kier alpha value is -3.59. The second-order valence-electron chi connectivity index (χ2n) is 11.2. The van der Waals surface area contributed by atoms with Gasteiger partial charge in [0.1, 0.15) is 5.65 Å². The molecule has 198 valence electrons. The molecule has 0 saturated carbocycles. The summed E-state index contributed by atoms with van der Waals surface area (Å²) in [5, 5.41) is 11.0. The Morgan fingerprint density at radius 3 is 2.66 bits per heavy atom. The molecule has 4 aliphatic heterocycles. The molecule has 2 aromatic heterocycles. The predicted molar refractivity (Wildman–Crippen MR) is 142 cm³/mol. The first-order valence-electron chi connectivity index (χ1n) is 13.7. The Balaban J connectivity index is 1.26. The number of H-pyrrole nitrogens is 1. The van der Waals surface area contributed by atoms with Gasteiger partial charge in [0, 0.05) is 56.1 Å². The molecule has 0 radical (unpaired) electrons. The summed E-state index contributed by atoms with van der Waals surface area (Å²) in [6.07, 6.45) is 7.72. The van der Waals surface area contributed by atoms with Crippen LogP contribution in [0.2, 0.25) is 0 Å². The van der Waals surface area contributed by atoms with E-state index in [0.29, 0.717) is 32.7 Å². The number of ether oxygens (including phenoxy) is 1. The second kappa shape index (κ2) is 9.01. The minimum atomic E-state index is -0.884. The van der Waals surface area contributed by atoms with Crippen LogP contribution in [0.3, 0.4) is 0 Å². The van der Waals surface area contributed by atoms with Gasteiger partial charge in [0.15, 0.2) is 0 Å². The zero-order chi connectivity index (χ0) is 26.0. The normalized spacial score (nSPS) is 24.8. The summed E-state index contributed by atoms with van der Waals surface area (Å²) in [5.74, 6) is 0. The highest BCUT2D eigenvalue weighted by molar-refractivity contribution is 5.85. The molecule has 2 N–H and O–H groups in total. The highest BCUT2D eigenvalue weighted by Crippen LogP contribution is 2.40. The van der Waals surface area contributed by atoms with Gasteiger partial charge < -0.3 is 29.5 Å². The predicted octanol–water partition coefficient (Wildman–Crippen LogP) is 4.69. The molecule has 3 saturated heterocycles. The van der Waals surface area contributed by atoms with Gasteiger partial charge in [-0.25, -0.2) is 14.6 Å². The Bertz CT molecular complexity index is 1420. The molecule has 9 heteroatoms. The van der Waals surface area contributed by atoms with Gasteiger partial charge in [-0.3, -0.25) is 0 Å². The highest BCUT2D eigenvalue weighted by atomic mass is 16.5. The molecule has 0 aliphatic carbocycles. The SMILES string of the molecule is Cc1c[nH]c2ncc(-c3cc4c(c(C5CCCN5C(=O)O)c3)CN(C(=O)N3CC5CCC(C3)O5)CC4)cc12. The first kappa shape index (κ1) is 23.5. The molecule has 9 nitrogen and oxygen atoms in total. The van der Waals surface area contributed by atoms with Gasteiger partial charge in [0.05, 0.1) is 18.2 Å². The molecule has 7 rings (SSSR count). The van der Waals surface area contributed by atoms with Crippen molar-refractivity contribution in [3.05, 3.63) is 52.8 Å². The maximum atomic E-state index is 13.6. The van der Waals surface area contributed by atoms with Gasteiger partial charge in [-0.05, 0) is 79.0 Å². The minimum absolute atomic E-state index is 0.0740. The molecular weight excluding hydrogens is 482 g/mol. The van der Waals surface area contributed by atoms with Gasteiger partial charge in [-0.2, -0.15) is 0 Å². The summed E-state index contributed by atoms with van der Waals surface area (Å²) in [7, 11) is 0. The number of morpholine rings is 1. The van der Waals surface area contributed by atoms with E-state index in [1.807, 2.05) is 22.2 Å². The van der Waals surface area contributed by atoms with E-state index in [-0.39, 0.29) is 24.3 Å². The van der Waals surface area contributed by atoms with E-state index >= 15 is 0 Å². The van der Waals surface area contributed by atoms with Crippen molar-refractivity contribution >= 4 is 23.2 Å². The molecule has 3 aromatic rings. The lowest BCUT2D eigenvalue weighted by Gasteiger charge is -2.39. The van der Waals surface area contributed by atoms with Crippen LogP contribution in [0.15, 0.2) is 30.6 Å². The Labute approximate surface area is 221 Å². The van der Waals surface area contributed by atoms with Crippen LogP contribution in [0.25, 0.3) is 22.2 Å². The molecule has 3 atom stereocenters. The number of rotatable bonds is 2. The molecular formula is C29H33N5O4. The molecule has 6 heterocycles. The summed E-state index contributed by atoms with van der Waals surface area (Å²) >= 11 is 0. The van der Waals surface area contributed by atoms with Gasteiger partial charge in [-0.15, -0.1) is 0 Å². The fourth-order valence-corrected chi connectivity index (χ4v) is 6.91. The quantitative estimate of drug-likeness (QED) is 0.515. The van der Waals surface area contributed by atoms with Crippen molar-refractivity contribution in [3.8, 4) is 11.1 Å². The van der Waals surface area contributed by atoms with Crippen molar-refractivity contribution in [1.82, 2.24) is 24.7 Å². The number of pyridine rings is 1. The maximum Gasteiger partial charge on any atom is 0.407 e. The maximum absolute atomic E-state index is 13.6. The van der Waals surface area contributed by atoms with Crippen LogP contribution in [0, 0.1) is 6.92 Å². The minimum Gasteiger partial charge on any atom is -0.465 e. The number of carbonyl (C=O) groups is 2. The van der Waals surface area contributed by atoms with Crippen LogP contribution in [0.4, 0.5) is 9.59 Å². The van der Waals surface area contributed by atoms with Crippen LogP contribution < -0.4 is 0 Å². The molecule has 1 aromatic carbocycles. The number of benzene rings is 1. The van der Waals surface area contributed by atoms with Gasteiger partial charge in [0.25, 0.3) is 0 Å². The van der Waals surface area contributed by atoms with Crippen molar-refractivity contribution in [3.63, 3.8) is 0 Å². The number of carboxylic acid groups (broad SMARTS) is 1. The number of amides is 3. The van der Waals surface area contributed by atoms with E-state index in [4.69, 9.17) is 4.74 Å². The van der Waals surface area contributed by atoms with Crippen molar-refractivity contribution < 1.29 is 19.4 Å². The van der Waals surface area contributed by atoms with Crippen LogP contribution in [-0.4, -0.2) is 80.3 Å². The van der Waals surface area contributed by atoms with Gasteiger partial charge >= 0.3 is 12.1 Å². The third-order valence-electron chi connectivity index (χ3n) is 8.89.